The minimum absolute atomic E-state index is 0.118. The van der Waals surface area contributed by atoms with Gasteiger partial charge < -0.3 is 18.5 Å². The number of rotatable bonds is 13. The molecule has 8 aromatic heterocycles. The zero-order valence-electron chi connectivity index (χ0n) is 70.0. The summed E-state index contributed by atoms with van der Waals surface area (Å²) in [7, 11) is 0.731. The summed E-state index contributed by atoms with van der Waals surface area (Å²) in [5.41, 5.74) is 19.2. The Morgan fingerprint density at radius 3 is 1.14 bits per heavy atom. The Bertz CT molecular complexity index is 9070. The number of nitrogens with zero attached hydrogens (tertiary/aromatic N) is 10. The van der Waals surface area contributed by atoms with Crippen LogP contribution in [0.25, 0.3) is 252 Å². The van der Waals surface area contributed by atoms with Crippen LogP contribution in [-0.4, -0.2) is 62.5 Å². The summed E-state index contributed by atoms with van der Waals surface area (Å²) in [6.07, 6.45) is 6.99. The van der Waals surface area contributed by atoms with Gasteiger partial charge in [-0.05, 0) is 174 Å². The first-order valence-corrected chi connectivity index (χ1v) is 45.1. The topological polar surface area (TPSA) is 185 Å². The molecule has 132 heavy (non-hydrogen) atoms. The van der Waals surface area contributed by atoms with E-state index in [1.807, 2.05) is 103 Å². The van der Waals surface area contributed by atoms with Crippen LogP contribution in [0.4, 0.5) is 0 Å². The molecule has 0 saturated heterocycles. The highest BCUT2D eigenvalue weighted by Crippen LogP contribution is 2.47. The minimum Gasteiger partial charge on any atom is -0.536 e. The van der Waals surface area contributed by atoms with Crippen molar-refractivity contribution < 1.29 is 18.5 Å². The van der Waals surface area contributed by atoms with Crippen LogP contribution >= 0.6 is 34.3 Å². The van der Waals surface area contributed by atoms with Gasteiger partial charge in [0.25, 0.3) is 0 Å². The Morgan fingerprint density at radius 2 is 0.614 bits per heavy atom. The van der Waals surface area contributed by atoms with Crippen LogP contribution in [0.15, 0.2) is 410 Å². The van der Waals surface area contributed by atoms with Crippen molar-refractivity contribution in [1.29, 1.82) is 0 Å². The molecule has 0 aliphatic rings. The third kappa shape index (κ3) is 14.5. The van der Waals surface area contributed by atoms with E-state index in [9.17, 15) is 0 Å². The maximum Gasteiger partial charge on any atom is 0.569 e. The number of furan rings is 2. The van der Waals surface area contributed by atoms with E-state index < -0.39 is 0 Å². The van der Waals surface area contributed by atoms with Crippen molar-refractivity contribution in [2.24, 2.45) is 0 Å². The Hall–Kier alpha value is -16.7. The third-order valence-corrected chi connectivity index (χ3v) is 26.9. The maximum absolute atomic E-state index is 8.90. The predicted octanol–water partition coefficient (Wildman–Crippen LogP) is 30.1. The van der Waals surface area contributed by atoms with Gasteiger partial charge in [-0.1, -0.05) is 279 Å². The highest BCUT2D eigenvalue weighted by molar-refractivity contribution is 7.26. The Morgan fingerprint density at radius 1 is 0.250 bits per heavy atom. The maximum atomic E-state index is 8.90. The van der Waals surface area contributed by atoms with Crippen molar-refractivity contribution in [3.05, 3.63) is 406 Å². The average Bonchev–Trinajstić information content (AvgIpc) is 1.61. The summed E-state index contributed by atoms with van der Waals surface area (Å²) in [4.78, 5) is 49.0. The minimum atomic E-state index is 0.118. The number of hydrogen-bond acceptors (Lipinski definition) is 16. The molecule has 14 nitrogen and oxygen atoms in total. The van der Waals surface area contributed by atoms with Crippen LogP contribution in [0.5, 0.6) is 5.75 Å². The summed E-state index contributed by atoms with van der Waals surface area (Å²) in [6, 6.07) is 129. The lowest BCUT2D eigenvalue weighted by Gasteiger charge is -2.11. The van der Waals surface area contributed by atoms with Crippen LogP contribution in [0.2, 0.25) is 5.28 Å². The lowest BCUT2D eigenvalue weighted by atomic mass is 9.97. The van der Waals surface area contributed by atoms with Gasteiger partial charge in [-0.2, -0.15) is 9.97 Å². The molecule has 8 heterocycles. The lowest BCUT2D eigenvalue weighted by molar-refractivity contribution is 0.457. The second kappa shape index (κ2) is 33.5. The van der Waals surface area contributed by atoms with E-state index in [1.54, 1.807) is 47.5 Å². The first-order valence-electron chi connectivity index (χ1n) is 43.1. The Kier molecular flexibility index (Phi) is 20.0. The quantitative estimate of drug-likeness (QED) is 0.108. The van der Waals surface area contributed by atoms with Crippen molar-refractivity contribution >= 4 is 169 Å². The number of aromatic nitrogens is 10. The van der Waals surface area contributed by atoms with E-state index in [0.29, 0.717) is 46.0 Å². The summed E-state index contributed by atoms with van der Waals surface area (Å²) in [6.45, 7) is 0. The molecule has 1 N–H and O–H groups in total. The lowest BCUT2D eigenvalue weighted by Crippen LogP contribution is -2.00. The van der Waals surface area contributed by atoms with E-state index in [1.165, 1.54) is 47.8 Å². The van der Waals surface area contributed by atoms with Crippen molar-refractivity contribution in [2.45, 2.75) is 0 Å². The SMILES string of the molecule is Clc1nc(-c2ccc3ccccc3c2)nc(-c2cccc3c2oc2ccc(-c4nccnc4-c4cccc5ccccc45)cc23)n1.O[B]Oc1cccc2c1sc1ccc(-c3ccccc3)cc12.c1ccc(-c2ccc3sc4c(-c5nc(-c6ccc7ccccc7c6)nc(-c6cccc7c6oc6ccc(-c8nccnc8-c8cccc9ccccc89)cc67)n5)cccc4c3c2)cc1. The molecule has 18 aromatic carbocycles. The molecule has 18 heteroatoms. The number of hydrogen-bond donors (Lipinski definition) is 1. The number of fused-ring (bicyclic) bond motifs is 16. The standard InChI is InChI=1S/C57H33N5OS.C39H22ClN5O.C18H12BO2S/c1-2-11-34(12-3-1)38-26-28-50-48(32-38)44-20-10-22-46(54(44)64-50)57-61-55(40-24-23-35-13-4-5-15-37(35)31-40)60-56(62-57)45-21-9-19-43-47-33-39(25-27-49(47)63-53(43)45)51-52(59-30-29-58-51)42-18-8-16-36-14-6-7-17-41(36)42;40-39-44-37(27-16-15-23-7-1-2-9-25(23)21-27)43-38(45-39)31-14-6-13-30-32-22-26(17-18-33(32)46-36(30)31)34-35(42-20-19-41-34)29-12-5-10-24-8-3-4-11-28(24)29;20-19-21-16-8-4-7-14-15-11-13(12-5-2-1-3-6-12)9-10-17(15)22-18(14)16/h1-33H;1-22H;1-11,20H. The molecule has 0 aliphatic heterocycles. The van der Waals surface area contributed by atoms with Gasteiger partial charge in [0.1, 0.15) is 28.1 Å². The molecular formula is C114H67BClN10O4S2. The molecule has 26 aromatic rings. The fraction of sp³-hybridized carbons (Fsp3) is 0. The molecular weight excluding hydrogens is 1680 g/mol. The highest BCUT2D eigenvalue weighted by Gasteiger charge is 2.25. The first-order chi connectivity index (χ1) is 65.3. The molecule has 0 saturated carbocycles. The van der Waals surface area contributed by atoms with Gasteiger partial charge in [-0.3, -0.25) is 19.9 Å². The van der Waals surface area contributed by atoms with Gasteiger partial charge in [-0.15, -0.1) is 22.7 Å². The smallest absolute Gasteiger partial charge is 0.536 e. The Labute approximate surface area is 768 Å². The monoisotopic (exact) mass is 1750 g/mol. The highest BCUT2D eigenvalue weighted by atomic mass is 35.5. The average molecular weight is 1750 g/mol. The largest absolute Gasteiger partial charge is 0.569 e. The van der Waals surface area contributed by atoms with Gasteiger partial charge >= 0.3 is 7.69 Å². The first kappa shape index (κ1) is 78.8. The van der Waals surface area contributed by atoms with E-state index in [-0.39, 0.29) is 5.28 Å². The van der Waals surface area contributed by atoms with Gasteiger partial charge in [0.05, 0.1) is 38.6 Å². The third-order valence-electron chi connectivity index (χ3n) is 24.4. The zero-order valence-corrected chi connectivity index (χ0v) is 72.4. The van der Waals surface area contributed by atoms with Crippen LogP contribution < -0.4 is 4.65 Å². The molecule has 1 radical (unpaired) electrons. The number of benzene rings is 18. The number of halogens is 1. The van der Waals surface area contributed by atoms with E-state index in [2.05, 4.69) is 283 Å². The summed E-state index contributed by atoms with van der Waals surface area (Å²) in [5, 5.41) is 26.7. The van der Waals surface area contributed by atoms with Crippen molar-refractivity contribution in [3.8, 4) is 130 Å². The number of para-hydroxylation sites is 2. The second-order valence-electron chi connectivity index (χ2n) is 32.1. The van der Waals surface area contributed by atoms with Crippen molar-refractivity contribution in [2.75, 3.05) is 0 Å². The fourth-order valence-electron chi connectivity index (χ4n) is 18.1. The van der Waals surface area contributed by atoms with Crippen LogP contribution in [0.3, 0.4) is 0 Å². The molecule has 0 bridgehead atoms. The van der Waals surface area contributed by atoms with Gasteiger partial charge in [0.2, 0.25) is 5.28 Å². The van der Waals surface area contributed by atoms with Gasteiger partial charge in [0.15, 0.2) is 29.1 Å². The summed E-state index contributed by atoms with van der Waals surface area (Å²) >= 11 is 9.93. The molecule has 0 aliphatic carbocycles. The molecule has 619 valence electrons. The Balaban J connectivity index is 0.000000122. The van der Waals surface area contributed by atoms with E-state index in [4.69, 9.17) is 70.0 Å². The second-order valence-corrected chi connectivity index (χ2v) is 34.6. The normalized spacial score (nSPS) is 11.6. The number of thiophene rings is 2. The van der Waals surface area contributed by atoms with Crippen LogP contribution in [0, 0.1) is 0 Å². The molecule has 0 spiro atoms. The molecule has 0 amide bonds. The predicted molar refractivity (Wildman–Crippen MR) is 541 cm³/mol. The molecule has 0 unspecified atom stereocenters. The molecule has 0 fully saturated rings. The van der Waals surface area contributed by atoms with Gasteiger partial charge in [-0.25, -0.2) is 19.9 Å². The van der Waals surface area contributed by atoms with E-state index >= 15 is 0 Å². The molecule has 26 rings (SSSR count). The van der Waals surface area contributed by atoms with Crippen molar-refractivity contribution in [1.82, 2.24) is 49.8 Å². The zero-order chi connectivity index (χ0) is 87.7. The van der Waals surface area contributed by atoms with E-state index in [0.717, 1.165) is 171 Å². The van der Waals surface area contributed by atoms with Gasteiger partial charge in [0, 0.05) is 121 Å². The van der Waals surface area contributed by atoms with Crippen LogP contribution in [0.1, 0.15) is 0 Å². The fourth-order valence-corrected chi connectivity index (χ4v) is 20.6. The summed E-state index contributed by atoms with van der Waals surface area (Å²) in [5.74, 6) is 3.36. The molecule has 0 atom stereocenters. The van der Waals surface area contributed by atoms with Crippen molar-refractivity contribution in [3.63, 3.8) is 0 Å². The summed E-state index contributed by atoms with van der Waals surface area (Å²) < 4.78 is 23.0. The van der Waals surface area contributed by atoms with Crippen LogP contribution in [-0.2, 0) is 0 Å².